The molecule has 1 heterocycles. The van der Waals surface area contributed by atoms with Crippen molar-refractivity contribution in [3.63, 3.8) is 0 Å². The largest absolute Gasteiger partial charge is 0.394 e. The second kappa shape index (κ2) is 55.1. The third-order valence-corrected chi connectivity index (χ3v) is 16.2. The van der Waals surface area contributed by atoms with Crippen LogP contribution in [-0.4, -0.2) is 110 Å². The van der Waals surface area contributed by atoms with E-state index >= 15 is 0 Å². The van der Waals surface area contributed by atoms with Gasteiger partial charge in [0.1, 0.15) is 36.6 Å². The lowest BCUT2D eigenvalue weighted by molar-refractivity contribution is -0.303. The first-order valence-electron chi connectivity index (χ1n) is 33.2. The predicted octanol–water partition coefficient (Wildman–Crippen LogP) is 15.2. The Morgan fingerprint density at radius 3 is 1.12 bits per heavy atom. The molecular formula is C66H127NO10. The third kappa shape index (κ3) is 43.0. The van der Waals surface area contributed by atoms with Gasteiger partial charge in [-0.15, -0.1) is 0 Å². The Morgan fingerprint density at radius 2 is 0.766 bits per heavy atom. The van der Waals surface area contributed by atoms with E-state index in [1.54, 1.807) is 0 Å². The van der Waals surface area contributed by atoms with Gasteiger partial charge in [-0.25, -0.2) is 0 Å². The van der Waals surface area contributed by atoms with Crippen molar-refractivity contribution in [2.45, 2.75) is 377 Å². The summed E-state index contributed by atoms with van der Waals surface area (Å²) in [5.41, 5.74) is 0. The van der Waals surface area contributed by atoms with Gasteiger partial charge in [0.2, 0.25) is 5.91 Å². The van der Waals surface area contributed by atoms with Gasteiger partial charge in [-0.1, -0.05) is 282 Å². The Bertz CT molecular complexity index is 1300. The van der Waals surface area contributed by atoms with Gasteiger partial charge in [-0.2, -0.15) is 0 Å². The van der Waals surface area contributed by atoms with E-state index in [0.717, 1.165) is 38.5 Å². The van der Waals surface area contributed by atoms with Gasteiger partial charge in [0.25, 0.3) is 0 Å². The number of carbonyl (C=O) groups is 1. The molecule has 8 N–H and O–H groups in total. The summed E-state index contributed by atoms with van der Waals surface area (Å²) in [6.45, 7) is 3.49. The molecule has 0 spiro atoms. The van der Waals surface area contributed by atoms with Crippen LogP contribution in [-0.2, 0) is 14.3 Å². The van der Waals surface area contributed by atoms with Gasteiger partial charge >= 0.3 is 0 Å². The van der Waals surface area contributed by atoms with Crippen LogP contribution >= 0.6 is 0 Å². The average Bonchev–Trinajstić information content (AvgIpc) is 3.43. The fourth-order valence-corrected chi connectivity index (χ4v) is 10.9. The molecule has 1 amide bonds. The van der Waals surface area contributed by atoms with Crippen LogP contribution in [0.1, 0.15) is 322 Å². The second-order valence-corrected chi connectivity index (χ2v) is 23.5. The van der Waals surface area contributed by atoms with E-state index in [1.807, 2.05) is 0 Å². The first-order chi connectivity index (χ1) is 37.7. The van der Waals surface area contributed by atoms with Crippen molar-refractivity contribution < 1.29 is 50.0 Å². The van der Waals surface area contributed by atoms with Crippen LogP contribution in [0.2, 0.25) is 0 Å². The van der Waals surface area contributed by atoms with Gasteiger partial charge in [-0.3, -0.25) is 4.79 Å². The first kappa shape index (κ1) is 73.6. The summed E-state index contributed by atoms with van der Waals surface area (Å²) < 4.78 is 11.2. The van der Waals surface area contributed by atoms with Crippen LogP contribution < -0.4 is 5.32 Å². The molecule has 9 unspecified atom stereocenters. The normalized spacial score (nSPS) is 19.6. The number of carbonyl (C=O) groups excluding carboxylic acids is 1. The molecule has 1 aliphatic rings. The second-order valence-electron chi connectivity index (χ2n) is 23.5. The lowest BCUT2D eigenvalue weighted by atomic mass is 9.98. The van der Waals surface area contributed by atoms with Crippen molar-refractivity contribution in [1.82, 2.24) is 5.32 Å². The van der Waals surface area contributed by atoms with Crippen molar-refractivity contribution in [3.05, 3.63) is 24.3 Å². The van der Waals surface area contributed by atoms with Crippen LogP contribution in [0.25, 0.3) is 0 Å². The summed E-state index contributed by atoms with van der Waals surface area (Å²) in [5, 5.41) is 76.4. The summed E-state index contributed by atoms with van der Waals surface area (Å²) >= 11 is 0. The minimum absolute atomic E-state index is 0.254. The zero-order valence-electron chi connectivity index (χ0n) is 50.2. The molecule has 1 fully saturated rings. The van der Waals surface area contributed by atoms with Crippen molar-refractivity contribution >= 4 is 5.91 Å². The lowest BCUT2D eigenvalue weighted by Crippen LogP contribution is -2.60. The van der Waals surface area contributed by atoms with Crippen molar-refractivity contribution in [1.29, 1.82) is 0 Å². The topological polar surface area (TPSA) is 189 Å². The van der Waals surface area contributed by atoms with Gasteiger partial charge in [0.05, 0.1) is 25.4 Å². The Hall–Kier alpha value is -1.41. The number of nitrogens with one attached hydrogen (secondary N) is 1. The monoisotopic (exact) mass is 1090 g/mol. The summed E-state index contributed by atoms with van der Waals surface area (Å²) in [6.07, 6.45) is 56.8. The van der Waals surface area contributed by atoms with E-state index in [2.05, 4.69) is 43.5 Å². The number of ether oxygens (including phenoxy) is 2. The molecule has 11 heteroatoms. The molecule has 0 aromatic rings. The molecule has 0 aromatic heterocycles. The molecule has 1 aliphatic heterocycles. The van der Waals surface area contributed by atoms with Crippen molar-refractivity contribution in [3.8, 4) is 0 Å². The van der Waals surface area contributed by atoms with E-state index in [4.69, 9.17) is 9.47 Å². The Balaban J connectivity index is 2.25. The maximum absolute atomic E-state index is 13.2. The fourth-order valence-electron chi connectivity index (χ4n) is 10.9. The van der Waals surface area contributed by atoms with Gasteiger partial charge in [0, 0.05) is 0 Å². The Labute approximate surface area is 474 Å². The Kier molecular flexibility index (Phi) is 52.7. The molecule has 1 saturated heterocycles. The number of allylic oxidation sites excluding steroid dienone is 4. The zero-order chi connectivity index (χ0) is 56.1. The maximum atomic E-state index is 13.2. The standard InChI is InChI=1S/C66H127NO10/c1-3-5-7-9-11-13-15-17-19-21-23-25-27-29-30-32-34-36-38-40-42-44-46-48-50-52-54-59(70)65(75)67-57(56-76-66-64(74)63(73)62(72)60(55-68)77-66)61(71)58(69)53-51-49-47-45-43-41-39-37-35-33-31-28-26-24-22-20-18-16-14-12-10-8-6-4-2/h29-30,45,47,57-64,66,68-74H,3-28,31-44,46,48-56H2,1-2H3,(H,67,75)/b30-29-,47-45+. The van der Waals surface area contributed by atoms with Crippen LogP contribution in [0.5, 0.6) is 0 Å². The van der Waals surface area contributed by atoms with Gasteiger partial charge < -0.3 is 50.5 Å². The molecule has 0 aromatic carbocycles. The molecule has 9 atom stereocenters. The Morgan fingerprint density at radius 1 is 0.442 bits per heavy atom. The fraction of sp³-hybridized carbons (Fsp3) is 0.924. The van der Waals surface area contributed by atoms with E-state index in [1.165, 1.54) is 244 Å². The number of hydrogen-bond donors (Lipinski definition) is 8. The van der Waals surface area contributed by atoms with E-state index in [-0.39, 0.29) is 12.8 Å². The SMILES string of the molecule is CCCCCCCCCCCCCC/C=C\CCCCCCCCCCCCC(O)C(=O)NC(COC1OC(CO)C(O)C(O)C1O)C(O)C(O)CCC/C=C/CCCCCCCCCCCCCCCCCCCCC. The highest BCUT2D eigenvalue weighted by Crippen LogP contribution is 2.24. The van der Waals surface area contributed by atoms with E-state index < -0.39 is 74.2 Å². The molecule has 456 valence electrons. The minimum atomic E-state index is -1.67. The number of aliphatic hydroxyl groups is 7. The van der Waals surface area contributed by atoms with Crippen LogP contribution in [0.3, 0.4) is 0 Å². The maximum Gasteiger partial charge on any atom is 0.249 e. The first-order valence-corrected chi connectivity index (χ1v) is 33.2. The summed E-state index contributed by atoms with van der Waals surface area (Å²) in [7, 11) is 0. The molecule has 1 rings (SSSR count). The van der Waals surface area contributed by atoms with Crippen molar-refractivity contribution in [2.24, 2.45) is 0 Å². The summed E-state index contributed by atoms with van der Waals surface area (Å²) in [6, 6.07) is -1.19. The number of hydrogen-bond acceptors (Lipinski definition) is 10. The molecule has 11 nitrogen and oxygen atoms in total. The quantitative estimate of drug-likeness (QED) is 0.0215. The van der Waals surface area contributed by atoms with Gasteiger partial charge in [-0.05, 0) is 64.2 Å². The minimum Gasteiger partial charge on any atom is -0.394 e. The van der Waals surface area contributed by atoms with E-state index in [9.17, 15) is 40.5 Å². The van der Waals surface area contributed by atoms with Crippen LogP contribution in [0.15, 0.2) is 24.3 Å². The number of aliphatic hydroxyl groups excluding tert-OH is 7. The highest BCUT2D eigenvalue weighted by Gasteiger charge is 2.44. The van der Waals surface area contributed by atoms with Crippen molar-refractivity contribution in [2.75, 3.05) is 13.2 Å². The molecule has 0 saturated carbocycles. The average molecular weight is 1090 g/mol. The summed E-state index contributed by atoms with van der Waals surface area (Å²) in [4.78, 5) is 13.2. The highest BCUT2D eigenvalue weighted by molar-refractivity contribution is 5.80. The number of rotatable bonds is 58. The molecule has 0 bridgehead atoms. The highest BCUT2D eigenvalue weighted by atomic mass is 16.7. The van der Waals surface area contributed by atoms with E-state index in [0.29, 0.717) is 12.8 Å². The smallest absolute Gasteiger partial charge is 0.249 e. The lowest BCUT2D eigenvalue weighted by Gasteiger charge is -2.40. The van der Waals surface area contributed by atoms with Crippen LogP contribution in [0.4, 0.5) is 0 Å². The van der Waals surface area contributed by atoms with Gasteiger partial charge in [0.15, 0.2) is 6.29 Å². The molecule has 0 radical (unpaired) electrons. The number of amides is 1. The summed E-state index contributed by atoms with van der Waals surface area (Å²) in [5.74, 6) is -0.702. The predicted molar refractivity (Wildman–Crippen MR) is 321 cm³/mol. The number of unbranched alkanes of at least 4 members (excludes halogenated alkanes) is 42. The molecular weight excluding hydrogens is 967 g/mol. The van der Waals surface area contributed by atoms with Crippen LogP contribution in [0, 0.1) is 0 Å². The molecule has 77 heavy (non-hydrogen) atoms. The zero-order valence-corrected chi connectivity index (χ0v) is 50.2. The molecule has 0 aliphatic carbocycles. The third-order valence-electron chi connectivity index (χ3n) is 16.2.